The maximum atomic E-state index is 15.9. The van der Waals surface area contributed by atoms with Crippen LogP contribution in [0.3, 0.4) is 0 Å². The third-order valence-corrected chi connectivity index (χ3v) is 5.80. The van der Waals surface area contributed by atoms with E-state index in [9.17, 15) is 18.7 Å². The molecule has 0 spiro atoms. The summed E-state index contributed by atoms with van der Waals surface area (Å²) in [6, 6.07) is 9.07. The topological polar surface area (TPSA) is 129 Å². The van der Waals surface area contributed by atoms with Crippen LogP contribution in [-0.2, 0) is 24.6 Å². The van der Waals surface area contributed by atoms with E-state index < -0.39 is 46.6 Å². The van der Waals surface area contributed by atoms with Crippen LogP contribution < -0.4 is 5.69 Å². The Morgan fingerprint density at radius 1 is 1.00 bits per heavy atom. The van der Waals surface area contributed by atoms with Crippen LogP contribution in [0.5, 0.6) is 0 Å². The zero-order chi connectivity index (χ0) is 26.9. The van der Waals surface area contributed by atoms with Gasteiger partial charge in [0.05, 0.1) is 30.7 Å². The standard InChI is InChI=1S/C23H17F4N9O2/c24-15-4-6-18(19(25)9-15)22(38,12-34-13-30-32-33-34)23(26,27)20-7-5-17(10-29-20)35-14-31-36(21(35)37)11-16-3-1-2-8-28-16/h1-10,13-14,38H,11-12H2. The highest BCUT2D eigenvalue weighted by Crippen LogP contribution is 2.46. The van der Waals surface area contributed by atoms with E-state index in [1.54, 1.807) is 24.4 Å². The summed E-state index contributed by atoms with van der Waals surface area (Å²) in [5, 5.41) is 25.4. The molecule has 15 heteroatoms. The predicted octanol–water partition coefficient (Wildman–Crippen LogP) is 1.82. The fourth-order valence-corrected chi connectivity index (χ4v) is 3.86. The van der Waals surface area contributed by atoms with Gasteiger partial charge in [0.15, 0.2) is 5.60 Å². The highest BCUT2D eigenvalue weighted by molar-refractivity contribution is 5.34. The molecular formula is C23H17F4N9O2. The van der Waals surface area contributed by atoms with E-state index >= 15 is 8.78 Å². The molecule has 0 aliphatic heterocycles. The van der Waals surface area contributed by atoms with Crippen molar-refractivity contribution in [2.24, 2.45) is 0 Å². The Hall–Kier alpha value is -4.79. The van der Waals surface area contributed by atoms with Crippen LogP contribution in [0.1, 0.15) is 17.0 Å². The van der Waals surface area contributed by atoms with E-state index in [4.69, 9.17) is 0 Å². The summed E-state index contributed by atoms with van der Waals surface area (Å²) in [6.07, 6.45) is 4.70. The van der Waals surface area contributed by atoms with Crippen LogP contribution in [-0.4, -0.2) is 49.6 Å². The van der Waals surface area contributed by atoms with Crippen LogP contribution in [0.2, 0.25) is 0 Å². The van der Waals surface area contributed by atoms with Crippen molar-refractivity contribution in [2.75, 3.05) is 0 Å². The van der Waals surface area contributed by atoms with Crippen molar-refractivity contribution >= 4 is 0 Å². The summed E-state index contributed by atoms with van der Waals surface area (Å²) in [7, 11) is 0. The Morgan fingerprint density at radius 2 is 1.84 bits per heavy atom. The minimum atomic E-state index is -4.23. The van der Waals surface area contributed by atoms with Crippen molar-refractivity contribution in [3.63, 3.8) is 0 Å². The number of aromatic nitrogens is 9. The quantitative estimate of drug-likeness (QED) is 0.303. The van der Waals surface area contributed by atoms with Gasteiger partial charge in [0, 0.05) is 17.8 Å². The second kappa shape index (κ2) is 9.59. The number of rotatable bonds is 8. The lowest BCUT2D eigenvalue weighted by molar-refractivity contribution is -0.207. The number of aliphatic hydroxyl groups is 1. The number of halogens is 4. The molecule has 0 bridgehead atoms. The summed E-state index contributed by atoms with van der Waals surface area (Å²) >= 11 is 0. The first-order chi connectivity index (χ1) is 18.2. The van der Waals surface area contributed by atoms with E-state index in [1.807, 2.05) is 0 Å². The average Bonchev–Trinajstić information content (AvgIpc) is 3.54. The summed E-state index contributed by atoms with van der Waals surface area (Å²) in [5.74, 6) is -6.65. The molecule has 0 amide bonds. The number of hydrogen-bond donors (Lipinski definition) is 1. The number of tetrazole rings is 1. The van der Waals surface area contributed by atoms with Crippen LogP contribution >= 0.6 is 0 Å². The van der Waals surface area contributed by atoms with Gasteiger partial charge in [0.1, 0.15) is 30.0 Å². The Morgan fingerprint density at radius 3 is 2.50 bits per heavy atom. The molecule has 1 N–H and O–H groups in total. The molecule has 1 aromatic carbocycles. The number of benzene rings is 1. The number of hydrogen-bond acceptors (Lipinski definition) is 8. The van der Waals surface area contributed by atoms with Crippen molar-refractivity contribution in [1.82, 2.24) is 44.5 Å². The maximum Gasteiger partial charge on any atom is 0.350 e. The predicted molar refractivity (Wildman–Crippen MR) is 121 cm³/mol. The highest BCUT2D eigenvalue weighted by atomic mass is 19.3. The molecule has 0 aliphatic rings. The fourth-order valence-electron chi connectivity index (χ4n) is 3.86. The molecule has 38 heavy (non-hydrogen) atoms. The molecular weight excluding hydrogens is 510 g/mol. The summed E-state index contributed by atoms with van der Waals surface area (Å²) in [4.78, 5) is 20.7. The molecule has 0 fully saturated rings. The van der Waals surface area contributed by atoms with Crippen LogP contribution in [0, 0.1) is 11.6 Å². The number of nitrogens with zero attached hydrogens (tertiary/aromatic N) is 9. The molecule has 4 aromatic heterocycles. The number of pyridine rings is 2. The molecule has 0 saturated carbocycles. The molecule has 5 aromatic rings. The van der Waals surface area contributed by atoms with Crippen LogP contribution in [0.25, 0.3) is 5.69 Å². The Kier molecular flexibility index (Phi) is 6.28. The monoisotopic (exact) mass is 527 g/mol. The third-order valence-electron chi connectivity index (χ3n) is 5.80. The Labute approximate surface area is 210 Å². The van der Waals surface area contributed by atoms with Crippen molar-refractivity contribution in [3.8, 4) is 5.69 Å². The Balaban J connectivity index is 1.49. The molecule has 1 unspecified atom stereocenters. The summed E-state index contributed by atoms with van der Waals surface area (Å²) in [5.41, 5.74) is -4.99. The van der Waals surface area contributed by atoms with Gasteiger partial charge in [0.25, 0.3) is 0 Å². The maximum absolute atomic E-state index is 15.9. The number of alkyl halides is 2. The summed E-state index contributed by atoms with van der Waals surface area (Å²) in [6.45, 7) is -0.900. The lowest BCUT2D eigenvalue weighted by Gasteiger charge is -2.35. The first kappa shape index (κ1) is 24.9. The minimum absolute atomic E-state index is 0.0870. The summed E-state index contributed by atoms with van der Waals surface area (Å²) < 4.78 is 62.9. The fraction of sp³-hybridized carbons (Fsp3) is 0.174. The molecule has 0 aliphatic carbocycles. The molecule has 1 atom stereocenters. The van der Waals surface area contributed by atoms with Crippen molar-refractivity contribution in [1.29, 1.82) is 0 Å². The third kappa shape index (κ3) is 4.43. The second-order valence-corrected chi connectivity index (χ2v) is 8.23. The Bertz CT molecular complexity index is 1610. The largest absolute Gasteiger partial charge is 0.377 e. The lowest BCUT2D eigenvalue weighted by atomic mass is 9.84. The van der Waals surface area contributed by atoms with E-state index in [-0.39, 0.29) is 12.2 Å². The lowest BCUT2D eigenvalue weighted by Crippen LogP contribution is -2.48. The zero-order valence-corrected chi connectivity index (χ0v) is 19.2. The van der Waals surface area contributed by atoms with Gasteiger partial charge in [0.2, 0.25) is 0 Å². The van der Waals surface area contributed by atoms with Crippen molar-refractivity contribution in [2.45, 2.75) is 24.6 Å². The first-order valence-corrected chi connectivity index (χ1v) is 11.0. The van der Waals surface area contributed by atoms with Gasteiger partial charge in [-0.25, -0.2) is 27.5 Å². The van der Waals surface area contributed by atoms with Crippen LogP contribution in [0.4, 0.5) is 17.6 Å². The minimum Gasteiger partial charge on any atom is -0.377 e. The zero-order valence-electron chi connectivity index (χ0n) is 19.2. The molecule has 0 saturated heterocycles. The van der Waals surface area contributed by atoms with E-state index in [0.29, 0.717) is 17.8 Å². The molecule has 0 radical (unpaired) electrons. The van der Waals surface area contributed by atoms with Gasteiger partial charge in [-0.2, -0.15) is 13.9 Å². The van der Waals surface area contributed by atoms with Crippen molar-refractivity contribution in [3.05, 3.63) is 113 Å². The highest BCUT2D eigenvalue weighted by Gasteiger charge is 2.58. The van der Waals surface area contributed by atoms with Gasteiger partial charge in [-0.3, -0.25) is 9.97 Å². The smallest absolute Gasteiger partial charge is 0.350 e. The molecule has 4 heterocycles. The van der Waals surface area contributed by atoms with Gasteiger partial charge in [-0.15, -0.1) is 5.10 Å². The van der Waals surface area contributed by atoms with E-state index in [0.717, 1.165) is 38.6 Å². The SMILES string of the molecule is O=c1n(-c2ccc(C(F)(F)C(O)(Cn3cnnn3)c3ccc(F)cc3F)nc2)cnn1Cc1ccccn1. The average molecular weight is 527 g/mol. The molecule has 11 nitrogen and oxygen atoms in total. The normalized spacial score (nSPS) is 13.4. The van der Waals surface area contributed by atoms with E-state index in [2.05, 4.69) is 30.6 Å². The molecule has 5 rings (SSSR count). The van der Waals surface area contributed by atoms with Crippen molar-refractivity contribution < 1.29 is 22.7 Å². The van der Waals surface area contributed by atoms with Gasteiger partial charge in [-0.05, 0) is 46.8 Å². The molecule has 194 valence electrons. The van der Waals surface area contributed by atoms with Gasteiger partial charge in [-0.1, -0.05) is 6.07 Å². The second-order valence-electron chi connectivity index (χ2n) is 8.23. The van der Waals surface area contributed by atoms with Crippen LogP contribution in [0.15, 0.2) is 78.4 Å². The van der Waals surface area contributed by atoms with Gasteiger partial charge >= 0.3 is 11.6 Å². The van der Waals surface area contributed by atoms with Gasteiger partial charge < -0.3 is 5.11 Å². The first-order valence-electron chi connectivity index (χ1n) is 11.0. The van der Waals surface area contributed by atoms with E-state index in [1.165, 1.54) is 12.4 Å².